The summed E-state index contributed by atoms with van der Waals surface area (Å²) in [6.07, 6.45) is 5.29. The van der Waals surface area contributed by atoms with E-state index in [0.717, 1.165) is 17.1 Å². The van der Waals surface area contributed by atoms with Gasteiger partial charge in [-0.15, -0.1) is 0 Å². The van der Waals surface area contributed by atoms with Crippen LogP contribution in [0, 0.1) is 11.8 Å². The Morgan fingerprint density at radius 2 is 1.79 bits per heavy atom. The summed E-state index contributed by atoms with van der Waals surface area (Å²) in [7, 11) is 0. The molecule has 1 saturated heterocycles. The number of amides is 3. The average molecular weight is 441 g/mol. The second-order valence-corrected chi connectivity index (χ2v) is 8.80. The Morgan fingerprint density at radius 3 is 2.43 bits per heavy atom. The van der Waals surface area contributed by atoms with Crippen LogP contribution in [0.1, 0.15) is 24.8 Å². The molecule has 1 aliphatic heterocycles. The number of nitrogens with zero attached hydrogens (tertiary/aromatic N) is 1. The quantitative estimate of drug-likeness (QED) is 0.380. The third-order valence-electron chi connectivity index (χ3n) is 4.98. The van der Waals surface area contributed by atoms with Crippen molar-refractivity contribution >= 4 is 52.7 Å². The summed E-state index contributed by atoms with van der Waals surface area (Å²) in [5.74, 6) is 0.637. The number of imide groups is 1. The van der Waals surface area contributed by atoms with E-state index in [9.17, 15) is 14.4 Å². The number of fused-ring (bicyclic) bond motifs is 1. The molecule has 0 unspecified atom stereocenters. The molecule has 150 valence electrons. The largest absolute Gasteiger partial charge is 0.355 e. The van der Waals surface area contributed by atoms with Gasteiger partial charge in [-0.25, -0.2) is 0 Å². The van der Waals surface area contributed by atoms with E-state index < -0.39 is 0 Å². The van der Waals surface area contributed by atoms with Crippen LogP contribution >= 0.6 is 35.0 Å². The van der Waals surface area contributed by atoms with Crippen LogP contribution in [-0.2, 0) is 20.1 Å². The van der Waals surface area contributed by atoms with Crippen molar-refractivity contribution in [2.24, 2.45) is 11.8 Å². The molecule has 2 aliphatic rings. The minimum Gasteiger partial charge on any atom is -0.355 e. The lowest BCUT2D eigenvalue weighted by Gasteiger charge is -2.14. The number of hydrogen-bond donors (Lipinski definition) is 1. The second kappa shape index (κ2) is 9.81. The van der Waals surface area contributed by atoms with Gasteiger partial charge in [0, 0.05) is 31.0 Å². The summed E-state index contributed by atoms with van der Waals surface area (Å²) >= 11 is 13.6. The molecule has 28 heavy (non-hydrogen) atoms. The van der Waals surface area contributed by atoms with Crippen molar-refractivity contribution in [2.45, 2.75) is 25.0 Å². The summed E-state index contributed by atoms with van der Waals surface area (Å²) in [5, 5.41) is 3.91. The number of carbonyl (C=O) groups is 3. The maximum absolute atomic E-state index is 12.4. The molecule has 1 aromatic carbocycles. The number of hydrogen-bond acceptors (Lipinski definition) is 4. The molecule has 3 amide bonds. The summed E-state index contributed by atoms with van der Waals surface area (Å²) in [5.41, 5.74) is 1.08. The smallest absolute Gasteiger partial charge is 0.233 e. The fraction of sp³-hybridized carbons (Fsp3) is 0.450. The van der Waals surface area contributed by atoms with Gasteiger partial charge in [0.2, 0.25) is 17.7 Å². The fourth-order valence-electron chi connectivity index (χ4n) is 3.47. The molecular weight excluding hydrogens is 419 g/mol. The van der Waals surface area contributed by atoms with Gasteiger partial charge < -0.3 is 5.32 Å². The van der Waals surface area contributed by atoms with Crippen LogP contribution in [0.15, 0.2) is 30.4 Å². The van der Waals surface area contributed by atoms with Gasteiger partial charge in [-0.05, 0) is 30.5 Å². The van der Waals surface area contributed by atoms with E-state index in [1.807, 2.05) is 24.3 Å². The zero-order chi connectivity index (χ0) is 20.1. The number of allylic oxidation sites excluding steroid dienone is 2. The summed E-state index contributed by atoms with van der Waals surface area (Å²) in [6.45, 7) is 0.689. The van der Waals surface area contributed by atoms with Crippen molar-refractivity contribution < 1.29 is 14.4 Å². The highest BCUT2D eigenvalue weighted by Gasteiger charge is 2.46. The molecular formula is C20H22Cl2N2O3S. The number of thioether (sulfide) groups is 1. The molecule has 1 fully saturated rings. The first kappa shape index (κ1) is 21.2. The van der Waals surface area contributed by atoms with Crippen LogP contribution in [0.25, 0.3) is 0 Å². The molecule has 1 aliphatic carbocycles. The molecule has 5 nitrogen and oxygen atoms in total. The van der Waals surface area contributed by atoms with Crippen molar-refractivity contribution in [2.75, 3.05) is 18.8 Å². The van der Waals surface area contributed by atoms with E-state index in [1.165, 1.54) is 4.90 Å². The Labute approximate surface area is 178 Å². The lowest BCUT2D eigenvalue weighted by atomic mass is 9.85. The van der Waals surface area contributed by atoms with Gasteiger partial charge >= 0.3 is 0 Å². The van der Waals surface area contributed by atoms with Crippen LogP contribution in [0.2, 0.25) is 10.0 Å². The van der Waals surface area contributed by atoms with Crippen molar-refractivity contribution in [3.05, 3.63) is 46.0 Å². The zero-order valence-electron chi connectivity index (χ0n) is 15.3. The highest BCUT2D eigenvalue weighted by atomic mass is 35.5. The highest BCUT2D eigenvalue weighted by molar-refractivity contribution is 7.98. The van der Waals surface area contributed by atoms with E-state index >= 15 is 0 Å². The Bertz CT molecular complexity index is 774. The Balaban J connectivity index is 1.33. The lowest BCUT2D eigenvalue weighted by molar-refractivity contribution is -0.140. The lowest BCUT2D eigenvalue weighted by Crippen LogP contribution is -2.36. The molecule has 2 atom stereocenters. The molecule has 0 saturated carbocycles. The van der Waals surface area contributed by atoms with Crippen molar-refractivity contribution in [3.63, 3.8) is 0 Å². The first-order chi connectivity index (χ1) is 13.5. The Kier molecular flexibility index (Phi) is 7.43. The monoisotopic (exact) mass is 440 g/mol. The first-order valence-corrected chi connectivity index (χ1v) is 11.2. The maximum atomic E-state index is 12.4. The predicted octanol–water partition coefficient (Wildman–Crippen LogP) is 3.68. The van der Waals surface area contributed by atoms with E-state index in [1.54, 1.807) is 17.8 Å². The SMILES string of the molecule is O=C(CCN1C(=O)[C@H]2CC=CC[C@H]2C1=O)NCCSCc1ccc(Cl)c(Cl)c1. The molecule has 0 spiro atoms. The predicted molar refractivity (Wildman–Crippen MR) is 112 cm³/mol. The summed E-state index contributed by atoms with van der Waals surface area (Å²) in [6, 6.07) is 5.54. The molecule has 0 radical (unpaired) electrons. The summed E-state index contributed by atoms with van der Waals surface area (Å²) in [4.78, 5) is 38.0. The van der Waals surface area contributed by atoms with Crippen LogP contribution in [-0.4, -0.2) is 41.5 Å². The Hall–Kier alpha value is -1.50. The van der Waals surface area contributed by atoms with E-state index in [0.29, 0.717) is 29.4 Å². The van der Waals surface area contributed by atoms with Crippen molar-refractivity contribution in [3.8, 4) is 0 Å². The minimum absolute atomic E-state index is 0.135. The summed E-state index contributed by atoms with van der Waals surface area (Å²) < 4.78 is 0. The Morgan fingerprint density at radius 1 is 1.11 bits per heavy atom. The van der Waals surface area contributed by atoms with Gasteiger partial charge in [0.25, 0.3) is 0 Å². The first-order valence-electron chi connectivity index (χ1n) is 9.26. The van der Waals surface area contributed by atoms with Crippen LogP contribution in [0.4, 0.5) is 0 Å². The molecule has 8 heteroatoms. The van der Waals surface area contributed by atoms with E-state index in [2.05, 4.69) is 5.32 Å². The van der Waals surface area contributed by atoms with E-state index in [4.69, 9.17) is 23.2 Å². The third-order valence-corrected chi connectivity index (χ3v) is 6.75. The molecule has 1 N–H and O–H groups in total. The highest BCUT2D eigenvalue weighted by Crippen LogP contribution is 2.35. The van der Waals surface area contributed by atoms with Gasteiger partial charge in [-0.1, -0.05) is 41.4 Å². The van der Waals surface area contributed by atoms with Crippen molar-refractivity contribution in [1.29, 1.82) is 0 Å². The van der Waals surface area contributed by atoms with Gasteiger partial charge in [0.15, 0.2) is 0 Å². The molecule has 1 heterocycles. The zero-order valence-corrected chi connectivity index (χ0v) is 17.7. The van der Waals surface area contributed by atoms with E-state index in [-0.39, 0.29) is 42.5 Å². The van der Waals surface area contributed by atoms with Gasteiger partial charge in [-0.2, -0.15) is 11.8 Å². The molecule has 3 rings (SSSR count). The van der Waals surface area contributed by atoms with Crippen LogP contribution in [0.5, 0.6) is 0 Å². The number of likely N-dealkylation sites (tertiary alicyclic amines) is 1. The van der Waals surface area contributed by atoms with Gasteiger partial charge in [0.1, 0.15) is 0 Å². The second-order valence-electron chi connectivity index (χ2n) is 6.88. The average Bonchev–Trinajstić information content (AvgIpc) is 2.93. The third kappa shape index (κ3) is 5.10. The topological polar surface area (TPSA) is 66.5 Å². The number of nitrogens with one attached hydrogen (secondary N) is 1. The maximum Gasteiger partial charge on any atom is 0.233 e. The van der Waals surface area contributed by atoms with Crippen LogP contribution < -0.4 is 5.32 Å². The number of halogens is 2. The molecule has 0 aromatic heterocycles. The molecule has 0 bridgehead atoms. The standard InChI is InChI=1S/C20H22Cl2N2O3S/c21-16-6-5-13(11-17(16)22)12-28-10-8-23-18(25)7-9-24-19(26)14-3-1-2-4-15(14)20(24)27/h1-2,5-6,11,14-15H,3-4,7-10,12H2,(H,23,25)/t14-,15+. The van der Waals surface area contributed by atoms with Crippen LogP contribution in [0.3, 0.4) is 0 Å². The minimum atomic E-state index is -0.238. The normalized spacial score (nSPS) is 21.1. The fourth-order valence-corrected chi connectivity index (χ4v) is 4.60. The van der Waals surface area contributed by atoms with Crippen molar-refractivity contribution in [1.82, 2.24) is 10.2 Å². The van der Waals surface area contributed by atoms with Gasteiger partial charge in [-0.3, -0.25) is 19.3 Å². The number of carbonyl (C=O) groups excluding carboxylic acids is 3. The van der Waals surface area contributed by atoms with Gasteiger partial charge in [0.05, 0.1) is 21.9 Å². The number of rotatable bonds is 8. The molecule has 1 aromatic rings. The number of benzene rings is 1.